The Morgan fingerprint density at radius 1 is 1.04 bits per heavy atom. The number of hydrogen-bond acceptors (Lipinski definition) is 5. The van der Waals surface area contributed by atoms with Crippen molar-refractivity contribution in [1.29, 1.82) is 0 Å². The molecule has 1 aliphatic heterocycles. The summed E-state index contributed by atoms with van der Waals surface area (Å²) in [5, 5.41) is 0.608. The van der Waals surface area contributed by atoms with Gasteiger partial charge in [0.15, 0.2) is 6.61 Å². The molecule has 1 aromatic carbocycles. The summed E-state index contributed by atoms with van der Waals surface area (Å²) in [5.41, 5.74) is -0.706. The lowest BCUT2D eigenvalue weighted by molar-refractivity contribution is -0.133. The minimum atomic E-state index is -0.365. The average molecular weight is 407 g/mol. The quantitative estimate of drug-likeness (QED) is 0.752. The number of nitrogens with zero attached hydrogens (tertiary/aromatic N) is 4. The average Bonchev–Trinajstić information content (AvgIpc) is 2.94. The smallest absolute Gasteiger partial charge is 0.332 e. The van der Waals surface area contributed by atoms with E-state index in [9.17, 15) is 14.4 Å². The molecule has 0 bridgehead atoms. The molecular weight excluding hydrogens is 384 g/mol. The first kappa shape index (κ1) is 20.0. The molecule has 1 amide bonds. The fourth-order valence-electron chi connectivity index (χ4n) is 3.19. The molecule has 0 unspecified atom stereocenters. The molecule has 1 saturated heterocycles. The summed E-state index contributed by atoms with van der Waals surface area (Å²) in [4.78, 5) is 40.4. The predicted octanol–water partition coefficient (Wildman–Crippen LogP) is 0.855. The maximum absolute atomic E-state index is 12.5. The molecule has 0 N–H and O–H groups in total. The molecule has 1 fully saturated rings. The SMILES string of the molecule is Cn1c(N2CCCN(C(=O)COc3ccc(Cl)cc3)CC2)cc(=O)n(C)c1=O. The number of benzene rings is 1. The second-order valence-corrected chi connectivity index (χ2v) is 7.14. The Kier molecular flexibility index (Phi) is 6.08. The lowest BCUT2D eigenvalue weighted by Gasteiger charge is -2.25. The van der Waals surface area contributed by atoms with Gasteiger partial charge in [0, 0.05) is 51.4 Å². The van der Waals surface area contributed by atoms with Crippen LogP contribution in [0.15, 0.2) is 39.9 Å². The zero-order chi connectivity index (χ0) is 20.3. The summed E-state index contributed by atoms with van der Waals surface area (Å²) in [6, 6.07) is 8.31. The van der Waals surface area contributed by atoms with Crippen molar-refractivity contribution >= 4 is 23.3 Å². The van der Waals surface area contributed by atoms with Crippen molar-refractivity contribution in [1.82, 2.24) is 14.0 Å². The van der Waals surface area contributed by atoms with Crippen molar-refractivity contribution in [3.8, 4) is 5.75 Å². The van der Waals surface area contributed by atoms with Crippen LogP contribution in [0.3, 0.4) is 0 Å². The molecule has 2 aromatic rings. The van der Waals surface area contributed by atoms with Crippen LogP contribution >= 0.6 is 11.6 Å². The first-order valence-electron chi connectivity index (χ1n) is 9.05. The Morgan fingerprint density at radius 2 is 1.75 bits per heavy atom. The van der Waals surface area contributed by atoms with Gasteiger partial charge in [-0.15, -0.1) is 0 Å². The molecule has 1 aromatic heterocycles. The van der Waals surface area contributed by atoms with Crippen LogP contribution in [0.2, 0.25) is 5.02 Å². The third kappa shape index (κ3) is 4.39. The minimum Gasteiger partial charge on any atom is -0.484 e. The third-order valence-corrected chi connectivity index (χ3v) is 5.10. The number of aromatic nitrogens is 2. The van der Waals surface area contributed by atoms with E-state index in [1.165, 1.54) is 17.7 Å². The minimum absolute atomic E-state index is 0.0496. The van der Waals surface area contributed by atoms with Crippen LogP contribution in [0.25, 0.3) is 0 Å². The van der Waals surface area contributed by atoms with Gasteiger partial charge in [0.25, 0.3) is 11.5 Å². The van der Waals surface area contributed by atoms with Gasteiger partial charge in [-0.25, -0.2) is 4.79 Å². The standard InChI is InChI=1S/C19H23ClN4O4/c1-21-16(12-17(25)22(2)19(21)27)23-8-3-9-24(11-10-23)18(26)13-28-15-6-4-14(20)5-7-15/h4-7,12H,3,8-11,13H2,1-2H3. The fraction of sp³-hybridized carbons (Fsp3) is 0.421. The van der Waals surface area contributed by atoms with Gasteiger partial charge < -0.3 is 14.5 Å². The molecule has 0 spiro atoms. The van der Waals surface area contributed by atoms with Gasteiger partial charge in [0.2, 0.25) is 0 Å². The Labute approximate surface area is 167 Å². The molecule has 0 radical (unpaired) electrons. The normalized spacial score (nSPS) is 14.7. The van der Waals surface area contributed by atoms with Crippen molar-refractivity contribution < 1.29 is 9.53 Å². The van der Waals surface area contributed by atoms with Crippen LogP contribution < -0.4 is 20.9 Å². The first-order chi connectivity index (χ1) is 13.4. The van der Waals surface area contributed by atoms with Crippen molar-refractivity contribution in [2.24, 2.45) is 14.1 Å². The zero-order valence-electron chi connectivity index (χ0n) is 15.9. The van der Waals surface area contributed by atoms with Crippen LogP contribution in [-0.2, 0) is 18.9 Å². The van der Waals surface area contributed by atoms with Gasteiger partial charge in [-0.3, -0.25) is 18.7 Å². The highest BCUT2D eigenvalue weighted by atomic mass is 35.5. The van der Waals surface area contributed by atoms with E-state index in [0.29, 0.717) is 42.8 Å². The van der Waals surface area contributed by atoms with Gasteiger partial charge in [-0.05, 0) is 30.7 Å². The molecule has 3 rings (SSSR count). The Bertz CT molecular complexity index is 967. The van der Waals surface area contributed by atoms with E-state index >= 15 is 0 Å². The van der Waals surface area contributed by atoms with E-state index in [4.69, 9.17) is 16.3 Å². The molecule has 0 atom stereocenters. The number of anilines is 1. The van der Waals surface area contributed by atoms with Crippen molar-refractivity contribution in [3.05, 3.63) is 56.2 Å². The van der Waals surface area contributed by atoms with Crippen LogP contribution in [0.4, 0.5) is 5.82 Å². The van der Waals surface area contributed by atoms with Gasteiger partial charge >= 0.3 is 5.69 Å². The van der Waals surface area contributed by atoms with Gasteiger partial charge in [0.05, 0.1) is 0 Å². The largest absolute Gasteiger partial charge is 0.484 e. The van der Waals surface area contributed by atoms with Crippen molar-refractivity contribution in [3.63, 3.8) is 0 Å². The lowest BCUT2D eigenvalue weighted by Crippen LogP contribution is -2.42. The molecule has 0 saturated carbocycles. The highest BCUT2D eigenvalue weighted by Gasteiger charge is 2.21. The van der Waals surface area contributed by atoms with Crippen LogP contribution in [0, 0.1) is 0 Å². The molecule has 1 aliphatic rings. The highest BCUT2D eigenvalue weighted by molar-refractivity contribution is 6.30. The maximum atomic E-state index is 12.5. The number of hydrogen-bond donors (Lipinski definition) is 0. The van der Waals surface area contributed by atoms with E-state index in [-0.39, 0.29) is 23.8 Å². The fourth-order valence-corrected chi connectivity index (χ4v) is 3.31. The number of carbonyl (C=O) groups excluding carboxylic acids is 1. The topological polar surface area (TPSA) is 76.8 Å². The van der Waals surface area contributed by atoms with E-state index in [2.05, 4.69) is 0 Å². The number of carbonyl (C=O) groups is 1. The Morgan fingerprint density at radius 3 is 2.46 bits per heavy atom. The monoisotopic (exact) mass is 406 g/mol. The Hall–Kier alpha value is -2.74. The number of rotatable bonds is 4. The van der Waals surface area contributed by atoms with Crippen molar-refractivity contribution in [2.75, 3.05) is 37.7 Å². The Balaban J connectivity index is 1.63. The predicted molar refractivity (Wildman–Crippen MR) is 107 cm³/mol. The van der Waals surface area contributed by atoms with Gasteiger partial charge in [0.1, 0.15) is 11.6 Å². The molecule has 8 nitrogen and oxygen atoms in total. The number of ether oxygens (including phenoxy) is 1. The van der Waals surface area contributed by atoms with Crippen molar-refractivity contribution in [2.45, 2.75) is 6.42 Å². The maximum Gasteiger partial charge on any atom is 0.332 e. The second kappa shape index (κ2) is 8.52. The first-order valence-corrected chi connectivity index (χ1v) is 9.43. The van der Waals surface area contributed by atoms with E-state index < -0.39 is 0 Å². The van der Waals surface area contributed by atoms with Crippen LogP contribution in [0.1, 0.15) is 6.42 Å². The molecule has 0 aliphatic carbocycles. The van der Waals surface area contributed by atoms with Gasteiger partial charge in [-0.2, -0.15) is 0 Å². The summed E-state index contributed by atoms with van der Waals surface area (Å²) in [6.45, 7) is 2.23. The van der Waals surface area contributed by atoms with Crippen LogP contribution in [-0.4, -0.2) is 52.7 Å². The number of amides is 1. The molecule has 9 heteroatoms. The van der Waals surface area contributed by atoms with E-state index in [0.717, 1.165) is 11.0 Å². The van der Waals surface area contributed by atoms with Crippen LogP contribution in [0.5, 0.6) is 5.75 Å². The van der Waals surface area contributed by atoms with E-state index in [1.807, 2.05) is 4.90 Å². The summed E-state index contributed by atoms with van der Waals surface area (Å²) in [6.07, 6.45) is 0.732. The summed E-state index contributed by atoms with van der Waals surface area (Å²) in [5.74, 6) is 1.05. The molecule has 2 heterocycles. The summed E-state index contributed by atoms with van der Waals surface area (Å²) in [7, 11) is 3.10. The summed E-state index contributed by atoms with van der Waals surface area (Å²) >= 11 is 5.84. The highest BCUT2D eigenvalue weighted by Crippen LogP contribution is 2.16. The lowest BCUT2D eigenvalue weighted by atomic mass is 10.3. The molecular formula is C19H23ClN4O4. The zero-order valence-corrected chi connectivity index (χ0v) is 16.7. The van der Waals surface area contributed by atoms with Gasteiger partial charge in [-0.1, -0.05) is 11.6 Å². The summed E-state index contributed by atoms with van der Waals surface area (Å²) < 4.78 is 8.07. The molecule has 150 valence electrons. The second-order valence-electron chi connectivity index (χ2n) is 6.71. The third-order valence-electron chi connectivity index (χ3n) is 4.85. The number of halogens is 1. The van der Waals surface area contributed by atoms with E-state index in [1.54, 1.807) is 36.2 Å². The molecule has 28 heavy (non-hydrogen) atoms.